The normalized spacial score (nSPS) is 17.1. The van der Waals surface area contributed by atoms with Crippen molar-refractivity contribution in [2.24, 2.45) is 7.05 Å². The molecule has 5 rings (SSSR count). The molecule has 4 aromatic rings. The van der Waals surface area contributed by atoms with Crippen LogP contribution in [0.3, 0.4) is 0 Å². The molecule has 132 valence electrons. The number of aromatic nitrogens is 1. The number of carbonyl (C=O) groups is 2. The summed E-state index contributed by atoms with van der Waals surface area (Å²) in [6.07, 6.45) is 1.96. The number of nitrogens with zero attached hydrogens (tertiary/aromatic N) is 2. The highest BCUT2D eigenvalue weighted by atomic mass is 16.2. The number of benzene rings is 3. The predicted octanol–water partition coefficient (Wildman–Crippen LogP) is 4.13. The van der Waals surface area contributed by atoms with Gasteiger partial charge in [0.15, 0.2) is 0 Å². The van der Waals surface area contributed by atoms with E-state index >= 15 is 0 Å². The minimum Gasteiger partial charge on any atom is -0.350 e. The third-order valence-corrected chi connectivity index (χ3v) is 5.20. The van der Waals surface area contributed by atoms with Gasteiger partial charge in [-0.15, -0.1) is 0 Å². The summed E-state index contributed by atoms with van der Waals surface area (Å²) in [5.74, 6) is -0.259. The molecule has 1 aliphatic heterocycles. The fourth-order valence-electron chi connectivity index (χ4n) is 3.83. The minimum atomic E-state index is -0.687. The smallest absolute Gasteiger partial charge is 0.329 e. The Hall–Kier alpha value is -3.60. The van der Waals surface area contributed by atoms with Gasteiger partial charge in [-0.2, -0.15) is 0 Å². The van der Waals surface area contributed by atoms with Crippen LogP contribution in [0.1, 0.15) is 11.6 Å². The lowest BCUT2D eigenvalue weighted by Gasteiger charge is -2.14. The summed E-state index contributed by atoms with van der Waals surface area (Å²) in [5.41, 5.74) is 2.37. The first-order valence-electron chi connectivity index (χ1n) is 8.81. The minimum absolute atomic E-state index is 0.259. The third kappa shape index (κ3) is 2.32. The van der Waals surface area contributed by atoms with E-state index in [-0.39, 0.29) is 5.91 Å². The molecule has 27 heavy (non-hydrogen) atoms. The van der Waals surface area contributed by atoms with Crippen molar-refractivity contribution in [3.63, 3.8) is 0 Å². The number of imide groups is 1. The van der Waals surface area contributed by atoms with Crippen LogP contribution in [0.5, 0.6) is 0 Å². The lowest BCUT2D eigenvalue weighted by atomic mass is 9.98. The first kappa shape index (κ1) is 15.6. The Kier molecular flexibility index (Phi) is 3.31. The Labute approximate surface area is 155 Å². The Bertz CT molecular complexity index is 1220. The van der Waals surface area contributed by atoms with Gasteiger partial charge in [0.05, 0.1) is 5.69 Å². The van der Waals surface area contributed by atoms with E-state index in [1.54, 1.807) is 0 Å². The van der Waals surface area contributed by atoms with Crippen molar-refractivity contribution in [2.75, 3.05) is 4.90 Å². The number of hydrogen-bond acceptors (Lipinski definition) is 2. The monoisotopic (exact) mass is 355 g/mol. The van der Waals surface area contributed by atoms with Crippen molar-refractivity contribution in [3.05, 3.63) is 78.5 Å². The van der Waals surface area contributed by atoms with Gasteiger partial charge in [0.1, 0.15) is 6.04 Å². The van der Waals surface area contributed by atoms with Gasteiger partial charge in [-0.25, -0.2) is 9.69 Å². The van der Waals surface area contributed by atoms with E-state index in [4.69, 9.17) is 0 Å². The van der Waals surface area contributed by atoms with Crippen molar-refractivity contribution in [2.45, 2.75) is 6.04 Å². The Balaban J connectivity index is 1.59. The van der Waals surface area contributed by atoms with E-state index in [1.165, 1.54) is 4.90 Å². The van der Waals surface area contributed by atoms with Gasteiger partial charge in [0.2, 0.25) is 0 Å². The van der Waals surface area contributed by atoms with Crippen molar-refractivity contribution >= 4 is 39.3 Å². The van der Waals surface area contributed by atoms with Crippen LogP contribution in [0.2, 0.25) is 0 Å². The number of amides is 3. The molecule has 1 unspecified atom stereocenters. The van der Waals surface area contributed by atoms with Crippen LogP contribution in [-0.2, 0) is 11.8 Å². The van der Waals surface area contributed by atoms with Crippen molar-refractivity contribution in [3.8, 4) is 0 Å². The van der Waals surface area contributed by atoms with Crippen LogP contribution in [0, 0.1) is 0 Å². The largest absolute Gasteiger partial charge is 0.350 e. The first-order valence-corrected chi connectivity index (χ1v) is 8.81. The maximum absolute atomic E-state index is 13.2. The second-order valence-corrected chi connectivity index (χ2v) is 6.79. The van der Waals surface area contributed by atoms with Crippen LogP contribution in [-0.4, -0.2) is 16.5 Å². The molecule has 5 heteroatoms. The maximum Gasteiger partial charge on any atom is 0.329 e. The summed E-state index contributed by atoms with van der Waals surface area (Å²) in [5, 5.41) is 5.93. The second kappa shape index (κ2) is 5.71. The van der Waals surface area contributed by atoms with E-state index in [2.05, 4.69) is 5.32 Å². The van der Waals surface area contributed by atoms with Gasteiger partial charge in [-0.05, 0) is 39.9 Å². The van der Waals surface area contributed by atoms with Crippen molar-refractivity contribution in [1.29, 1.82) is 0 Å². The number of hydrogen-bond donors (Lipinski definition) is 1. The van der Waals surface area contributed by atoms with Crippen LogP contribution < -0.4 is 10.2 Å². The average molecular weight is 355 g/mol. The first-order chi connectivity index (χ1) is 13.1. The number of nitrogens with one attached hydrogen (secondary N) is 1. The van der Waals surface area contributed by atoms with Gasteiger partial charge in [0.25, 0.3) is 5.91 Å². The van der Waals surface area contributed by atoms with E-state index in [0.29, 0.717) is 5.69 Å². The van der Waals surface area contributed by atoms with E-state index in [1.807, 2.05) is 84.5 Å². The highest BCUT2D eigenvalue weighted by Gasteiger charge is 2.40. The summed E-state index contributed by atoms with van der Waals surface area (Å²) in [4.78, 5) is 27.0. The quantitative estimate of drug-likeness (QED) is 0.550. The molecule has 3 aromatic carbocycles. The predicted molar refractivity (Wildman–Crippen MR) is 106 cm³/mol. The SMILES string of the molecule is Cn1ccc2ccc(N3C(=O)NC(c4cccc5ccccc45)C3=O)cc21. The molecule has 0 saturated carbocycles. The molecule has 1 N–H and O–H groups in total. The fraction of sp³-hybridized carbons (Fsp3) is 0.0909. The van der Waals surface area contributed by atoms with E-state index in [0.717, 1.165) is 27.2 Å². The number of urea groups is 1. The molecule has 3 amide bonds. The number of fused-ring (bicyclic) bond motifs is 2. The highest BCUT2D eigenvalue weighted by Crippen LogP contribution is 2.32. The lowest BCUT2D eigenvalue weighted by molar-refractivity contribution is -0.118. The topological polar surface area (TPSA) is 54.3 Å². The molecule has 1 saturated heterocycles. The highest BCUT2D eigenvalue weighted by molar-refractivity contribution is 6.22. The van der Waals surface area contributed by atoms with Gasteiger partial charge in [-0.3, -0.25) is 4.79 Å². The van der Waals surface area contributed by atoms with Gasteiger partial charge >= 0.3 is 6.03 Å². The Morgan fingerprint density at radius 2 is 1.70 bits per heavy atom. The molecule has 5 nitrogen and oxygen atoms in total. The zero-order chi connectivity index (χ0) is 18.5. The molecular formula is C22H17N3O2. The van der Waals surface area contributed by atoms with Crippen LogP contribution in [0.15, 0.2) is 72.9 Å². The molecule has 1 aliphatic rings. The van der Waals surface area contributed by atoms with Gasteiger partial charge < -0.3 is 9.88 Å². The number of anilines is 1. The van der Waals surface area contributed by atoms with E-state index < -0.39 is 12.1 Å². The summed E-state index contributed by atoms with van der Waals surface area (Å²) in [6.45, 7) is 0. The summed E-state index contributed by atoms with van der Waals surface area (Å²) >= 11 is 0. The molecule has 1 atom stereocenters. The zero-order valence-electron chi connectivity index (χ0n) is 14.7. The number of aryl methyl sites for hydroxylation is 1. The third-order valence-electron chi connectivity index (χ3n) is 5.20. The summed E-state index contributed by atoms with van der Waals surface area (Å²) in [7, 11) is 1.94. The van der Waals surface area contributed by atoms with Gasteiger partial charge in [-0.1, -0.05) is 48.5 Å². The van der Waals surface area contributed by atoms with Crippen molar-refractivity contribution < 1.29 is 9.59 Å². The summed E-state index contributed by atoms with van der Waals surface area (Å²) in [6, 6.07) is 20.2. The second-order valence-electron chi connectivity index (χ2n) is 6.79. The van der Waals surface area contributed by atoms with Crippen molar-refractivity contribution in [1.82, 2.24) is 9.88 Å². The maximum atomic E-state index is 13.2. The molecule has 0 spiro atoms. The molecular weight excluding hydrogens is 338 g/mol. The molecule has 0 aliphatic carbocycles. The van der Waals surface area contributed by atoms with Crippen LogP contribution in [0.4, 0.5) is 10.5 Å². The number of carbonyl (C=O) groups excluding carboxylic acids is 2. The molecule has 0 radical (unpaired) electrons. The molecule has 2 heterocycles. The Morgan fingerprint density at radius 3 is 2.59 bits per heavy atom. The Morgan fingerprint density at radius 1 is 0.889 bits per heavy atom. The molecule has 0 bridgehead atoms. The van der Waals surface area contributed by atoms with E-state index in [9.17, 15) is 9.59 Å². The lowest BCUT2D eigenvalue weighted by Crippen LogP contribution is -2.30. The zero-order valence-corrected chi connectivity index (χ0v) is 14.7. The molecule has 1 fully saturated rings. The average Bonchev–Trinajstić information content (AvgIpc) is 3.20. The number of rotatable bonds is 2. The van der Waals surface area contributed by atoms with Crippen LogP contribution >= 0.6 is 0 Å². The van der Waals surface area contributed by atoms with Crippen LogP contribution in [0.25, 0.3) is 21.7 Å². The van der Waals surface area contributed by atoms with Gasteiger partial charge in [0, 0.05) is 18.8 Å². The summed E-state index contributed by atoms with van der Waals surface area (Å²) < 4.78 is 1.97. The fourth-order valence-corrected chi connectivity index (χ4v) is 3.83. The standard InChI is InChI=1S/C22H17N3O2/c1-24-12-11-15-9-10-16(13-19(15)24)25-21(26)20(23-22(25)27)18-8-4-6-14-5-2-3-7-17(14)18/h2-13,20H,1H3,(H,23,27). The molecule has 1 aromatic heterocycles.